The predicted molar refractivity (Wildman–Crippen MR) is 101 cm³/mol. The minimum Gasteiger partial charge on any atom is -0.484 e. The number of rotatable bonds is 9. The first-order valence-electron chi connectivity index (χ1n) is 7.99. The van der Waals surface area contributed by atoms with Crippen LogP contribution in [-0.2, 0) is 11.3 Å². The standard InChI is InChI=1S/C18H21N3O4.ClH/c19-10-5-11-20(13-15-6-2-1-3-7-15)18(22)14-25-17-9-4-8-16(12-17)21(23)24;/h1-4,6-9,12H,5,10-11,13-14,19H2;1H. The number of nitrogens with zero attached hydrogens (tertiary/aromatic N) is 2. The number of benzene rings is 2. The van der Waals surface area contributed by atoms with Crippen molar-refractivity contribution in [2.75, 3.05) is 19.7 Å². The van der Waals surface area contributed by atoms with Crippen molar-refractivity contribution in [3.8, 4) is 5.75 Å². The SMILES string of the molecule is Cl.NCCCN(Cc1ccccc1)C(=O)COc1cccc([N+](=O)[O-])c1. The molecule has 0 saturated carbocycles. The van der Waals surface area contributed by atoms with E-state index in [2.05, 4.69) is 0 Å². The van der Waals surface area contributed by atoms with E-state index in [1.54, 1.807) is 11.0 Å². The fraction of sp³-hybridized carbons (Fsp3) is 0.278. The fourth-order valence-electron chi connectivity index (χ4n) is 2.30. The van der Waals surface area contributed by atoms with Gasteiger partial charge in [0, 0.05) is 19.2 Å². The number of nitro groups is 1. The van der Waals surface area contributed by atoms with Gasteiger partial charge in [0.1, 0.15) is 5.75 Å². The van der Waals surface area contributed by atoms with E-state index in [1.165, 1.54) is 18.2 Å². The van der Waals surface area contributed by atoms with Crippen LogP contribution in [0, 0.1) is 10.1 Å². The number of amides is 1. The van der Waals surface area contributed by atoms with E-state index in [9.17, 15) is 14.9 Å². The third kappa shape index (κ3) is 6.70. The number of hydrogen-bond acceptors (Lipinski definition) is 5. The lowest BCUT2D eigenvalue weighted by molar-refractivity contribution is -0.384. The largest absolute Gasteiger partial charge is 0.484 e. The molecule has 0 aromatic heterocycles. The lowest BCUT2D eigenvalue weighted by Gasteiger charge is -2.22. The Bertz CT molecular complexity index is 713. The van der Waals surface area contributed by atoms with Crippen LogP contribution in [0.4, 0.5) is 5.69 Å². The van der Waals surface area contributed by atoms with Gasteiger partial charge in [-0.15, -0.1) is 12.4 Å². The highest BCUT2D eigenvalue weighted by atomic mass is 35.5. The van der Waals surface area contributed by atoms with E-state index in [0.717, 1.165) is 5.56 Å². The fourth-order valence-corrected chi connectivity index (χ4v) is 2.30. The van der Waals surface area contributed by atoms with Gasteiger partial charge >= 0.3 is 0 Å². The zero-order valence-corrected chi connectivity index (χ0v) is 15.1. The summed E-state index contributed by atoms with van der Waals surface area (Å²) in [6.07, 6.45) is 0.690. The van der Waals surface area contributed by atoms with E-state index >= 15 is 0 Å². The van der Waals surface area contributed by atoms with E-state index in [1.807, 2.05) is 30.3 Å². The molecule has 2 aromatic carbocycles. The molecule has 26 heavy (non-hydrogen) atoms. The number of halogens is 1. The molecule has 0 aliphatic heterocycles. The highest BCUT2D eigenvalue weighted by molar-refractivity contribution is 5.85. The van der Waals surface area contributed by atoms with E-state index in [4.69, 9.17) is 10.5 Å². The lowest BCUT2D eigenvalue weighted by atomic mass is 10.2. The highest BCUT2D eigenvalue weighted by Crippen LogP contribution is 2.19. The third-order valence-corrected chi connectivity index (χ3v) is 3.59. The Morgan fingerprint density at radius 1 is 1.15 bits per heavy atom. The maximum atomic E-state index is 12.5. The van der Waals surface area contributed by atoms with Gasteiger partial charge in [0.05, 0.1) is 11.0 Å². The molecule has 2 N–H and O–H groups in total. The summed E-state index contributed by atoms with van der Waals surface area (Å²) in [5.74, 6) is 0.102. The van der Waals surface area contributed by atoms with E-state index in [-0.39, 0.29) is 30.6 Å². The van der Waals surface area contributed by atoms with Gasteiger partial charge in [-0.2, -0.15) is 0 Å². The molecule has 0 spiro atoms. The quantitative estimate of drug-likeness (QED) is 0.533. The van der Waals surface area contributed by atoms with E-state index < -0.39 is 4.92 Å². The molecule has 0 aliphatic carbocycles. The van der Waals surface area contributed by atoms with Crippen LogP contribution in [0.25, 0.3) is 0 Å². The average molecular weight is 380 g/mol. The summed E-state index contributed by atoms with van der Waals surface area (Å²) in [4.78, 5) is 24.4. The number of nitro benzene ring substituents is 1. The van der Waals surface area contributed by atoms with Crippen LogP contribution in [0.2, 0.25) is 0 Å². The Balaban J connectivity index is 0.00000338. The maximum absolute atomic E-state index is 12.5. The first-order chi connectivity index (χ1) is 12.1. The lowest BCUT2D eigenvalue weighted by Crippen LogP contribution is -2.36. The second-order valence-corrected chi connectivity index (χ2v) is 5.49. The molecule has 0 saturated heterocycles. The van der Waals surface area contributed by atoms with E-state index in [0.29, 0.717) is 31.8 Å². The minimum absolute atomic E-state index is 0. The summed E-state index contributed by atoms with van der Waals surface area (Å²) < 4.78 is 5.43. The Kier molecular flexibility index (Phi) is 9.11. The second-order valence-electron chi connectivity index (χ2n) is 5.49. The normalized spacial score (nSPS) is 9.88. The Labute approximate surface area is 158 Å². The van der Waals surface area contributed by atoms with Crippen LogP contribution in [0.1, 0.15) is 12.0 Å². The zero-order chi connectivity index (χ0) is 18.1. The number of carbonyl (C=O) groups is 1. The molecular formula is C18H22ClN3O4. The van der Waals surface area contributed by atoms with Crippen LogP contribution < -0.4 is 10.5 Å². The van der Waals surface area contributed by atoms with Gasteiger partial charge in [-0.25, -0.2) is 0 Å². The molecule has 1 amide bonds. The van der Waals surface area contributed by atoms with Crippen molar-refractivity contribution >= 4 is 24.0 Å². The van der Waals surface area contributed by atoms with Gasteiger partial charge in [0.2, 0.25) is 0 Å². The number of nitrogens with two attached hydrogens (primary N) is 1. The molecule has 140 valence electrons. The Morgan fingerprint density at radius 3 is 2.54 bits per heavy atom. The van der Waals surface area contributed by atoms with Crippen molar-refractivity contribution in [2.45, 2.75) is 13.0 Å². The van der Waals surface area contributed by atoms with Gasteiger partial charge in [-0.3, -0.25) is 14.9 Å². The number of carbonyl (C=O) groups excluding carboxylic acids is 1. The first kappa shape index (κ1) is 21.4. The number of non-ortho nitro benzene ring substituents is 1. The van der Waals surface area contributed by atoms with Crippen molar-refractivity contribution in [3.05, 3.63) is 70.3 Å². The topological polar surface area (TPSA) is 98.7 Å². The third-order valence-electron chi connectivity index (χ3n) is 3.59. The van der Waals surface area contributed by atoms with Gasteiger partial charge in [0.15, 0.2) is 6.61 Å². The molecule has 0 bridgehead atoms. The molecule has 0 heterocycles. The Morgan fingerprint density at radius 2 is 1.88 bits per heavy atom. The smallest absolute Gasteiger partial charge is 0.273 e. The molecule has 8 heteroatoms. The summed E-state index contributed by atoms with van der Waals surface area (Å²) in [6.45, 7) is 1.31. The second kappa shape index (κ2) is 11.1. The summed E-state index contributed by atoms with van der Waals surface area (Å²) in [6, 6.07) is 15.4. The molecule has 0 radical (unpaired) electrons. The van der Waals surface area contributed by atoms with Crippen molar-refractivity contribution in [1.82, 2.24) is 4.90 Å². The molecule has 0 fully saturated rings. The van der Waals surface area contributed by atoms with Crippen LogP contribution in [0.5, 0.6) is 5.75 Å². The van der Waals surface area contributed by atoms with Gasteiger partial charge in [-0.1, -0.05) is 36.4 Å². The molecule has 2 aromatic rings. The van der Waals surface area contributed by atoms with Crippen LogP contribution in [0.15, 0.2) is 54.6 Å². The Hall–Kier alpha value is -2.64. The van der Waals surface area contributed by atoms with Crippen LogP contribution in [0.3, 0.4) is 0 Å². The summed E-state index contributed by atoms with van der Waals surface area (Å²) in [7, 11) is 0. The van der Waals surface area contributed by atoms with Gasteiger partial charge < -0.3 is 15.4 Å². The van der Waals surface area contributed by atoms with Gasteiger partial charge in [0.25, 0.3) is 11.6 Å². The molecule has 7 nitrogen and oxygen atoms in total. The van der Waals surface area contributed by atoms with Crippen molar-refractivity contribution in [2.24, 2.45) is 5.73 Å². The molecule has 0 unspecified atom stereocenters. The number of hydrogen-bond donors (Lipinski definition) is 1. The molecule has 2 rings (SSSR count). The molecular weight excluding hydrogens is 358 g/mol. The minimum atomic E-state index is -0.502. The maximum Gasteiger partial charge on any atom is 0.273 e. The molecule has 0 atom stereocenters. The van der Waals surface area contributed by atoms with Crippen LogP contribution >= 0.6 is 12.4 Å². The zero-order valence-electron chi connectivity index (χ0n) is 14.2. The monoisotopic (exact) mass is 379 g/mol. The van der Waals surface area contributed by atoms with Crippen molar-refractivity contribution in [3.63, 3.8) is 0 Å². The highest BCUT2D eigenvalue weighted by Gasteiger charge is 2.15. The van der Waals surface area contributed by atoms with Crippen molar-refractivity contribution in [1.29, 1.82) is 0 Å². The van der Waals surface area contributed by atoms with Crippen molar-refractivity contribution < 1.29 is 14.5 Å². The molecule has 0 aliphatic rings. The summed E-state index contributed by atoms with van der Waals surface area (Å²) in [5.41, 5.74) is 6.49. The first-order valence-corrected chi connectivity index (χ1v) is 7.99. The van der Waals surface area contributed by atoms with Gasteiger partial charge in [-0.05, 0) is 24.6 Å². The van der Waals surface area contributed by atoms with Crippen LogP contribution in [-0.4, -0.2) is 35.4 Å². The predicted octanol–water partition coefficient (Wildman–Crippen LogP) is 2.77. The average Bonchev–Trinajstić information content (AvgIpc) is 2.64. The summed E-state index contributed by atoms with van der Waals surface area (Å²) >= 11 is 0. The number of ether oxygens (including phenoxy) is 1. The summed E-state index contributed by atoms with van der Waals surface area (Å²) in [5, 5.41) is 10.8.